The van der Waals surface area contributed by atoms with Gasteiger partial charge in [0.1, 0.15) is 28.5 Å². The molecule has 1 aliphatic rings. The van der Waals surface area contributed by atoms with Crippen LogP contribution in [0, 0.1) is 36.5 Å². The second-order valence-corrected chi connectivity index (χ2v) is 8.92. The number of hydrogen-bond donors (Lipinski definition) is 1. The highest BCUT2D eigenvalue weighted by molar-refractivity contribution is 8.00. The number of anilines is 2. The van der Waals surface area contributed by atoms with Gasteiger partial charge < -0.3 is 5.73 Å². The van der Waals surface area contributed by atoms with Gasteiger partial charge in [0.25, 0.3) is 0 Å². The van der Waals surface area contributed by atoms with Crippen LogP contribution >= 0.6 is 11.8 Å². The molecule has 1 fully saturated rings. The first kappa shape index (κ1) is 22.1. The number of nitrogens with zero attached hydrogens (tertiary/aromatic N) is 4. The SMILES string of the molecule is Cc1ccc(-c2c(C#N)c(N)nc(S[C@@H]3CC(=O)N(c4ccc(C)cc4)C3=O)c2C#N)cc1. The summed E-state index contributed by atoms with van der Waals surface area (Å²) in [6.07, 6.45) is -0.0241. The highest BCUT2D eigenvalue weighted by atomic mass is 32.2. The molecule has 1 aromatic heterocycles. The fraction of sp³-hybridized carbons (Fsp3) is 0.160. The molecule has 2 amide bonds. The molecule has 0 saturated carbocycles. The van der Waals surface area contributed by atoms with E-state index in [-0.39, 0.29) is 40.2 Å². The second kappa shape index (κ2) is 8.78. The molecule has 0 unspecified atom stereocenters. The largest absolute Gasteiger partial charge is 0.383 e. The summed E-state index contributed by atoms with van der Waals surface area (Å²) in [4.78, 5) is 31.2. The molecule has 4 rings (SSSR count). The number of thioether (sulfide) groups is 1. The molecule has 2 aromatic carbocycles. The highest BCUT2D eigenvalue weighted by Crippen LogP contribution is 2.40. The number of aryl methyl sites for hydroxylation is 2. The minimum Gasteiger partial charge on any atom is -0.383 e. The fourth-order valence-corrected chi connectivity index (χ4v) is 4.81. The van der Waals surface area contributed by atoms with Crippen LogP contribution in [0.4, 0.5) is 11.5 Å². The van der Waals surface area contributed by atoms with Crippen LogP contribution in [-0.2, 0) is 9.59 Å². The highest BCUT2D eigenvalue weighted by Gasteiger charge is 2.41. The van der Waals surface area contributed by atoms with Crippen LogP contribution in [0.15, 0.2) is 53.6 Å². The number of nitrogens with two attached hydrogens (primary N) is 1. The predicted octanol–water partition coefficient (Wildman–Crippen LogP) is 4.12. The van der Waals surface area contributed by atoms with E-state index in [0.29, 0.717) is 16.8 Å². The Bertz CT molecular complexity index is 1350. The van der Waals surface area contributed by atoms with E-state index in [2.05, 4.69) is 11.1 Å². The first-order valence-electron chi connectivity index (χ1n) is 10.1. The first-order valence-corrected chi connectivity index (χ1v) is 11.0. The van der Waals surface area contributed by atoms with E-state index in [4.69, 9.17) is 5.73 Å². The van der Waals surface area contributed by atoms with Gasteiger partial charge >= 0.3 is 0 Å². The van der Waals surface area contributed by atoms with Crippen LogP contribution in [0.3, 0.4) is 0 Å². The average molecular weight is 454 g/mol. The third-order valence-corrected chi connectivity index (χ3v) is 6.58. The quantitative estimate of drug-likeness (QED) is 0.589. The molecule has 33 heavy (non-hydrogen) atoms. The Morgan fingerprint density at radius 3 is 2.12 bits per heavy atom. The van der Waals surface area contributed by atoms with Crippen molar-refractivity contribution in [1.29, 1.82) is 10.5 Å². The van der Waals surface area contributed by atoms with E-state index < -0.39 is 5.25 Å². The normalized spacial score (nSPS) is 15.4. The van der Waals surface area contributed by atoms with E-state index in [9.17, 15) is 20.1 Å². The Morgan fingerprint density at radius 2 is 1.55 bits per heavy atom. The van der Waals surface area contributed by atoms with Crippen LogP contribution in [0.1, 0.15) is 28.7 Å². The lowest BCUT2D eigenvalue weighted by molar-refractivity contribution is -0.121. The number of carbonyl (C=O) groups is 2. The minimum atomic E-state index is -0.753. The molecular formula is C25H19N5O2S. The van der Waals surface area contributed by atoms with E-state index in [1.54, 1.807) is 12.1 Å². The molecule has 1 atom stereocenters. The summed E-state index contributed by atoms with van der Waals surface area (Å²) < 4.78 is 0. The Balaban J connectivity index is 1.74. The number of amides is 2. The van der Waals surface area contributed by atoms with Crippen LogP contribution in [-0.4, -0.2) is 22.0 Å². The number of benzene rings is 2. The molecular weight excluding hydrogens is 434 g/mol. The molecule has 162 valence electrons. The summed E-state index contributed by atoms with van der Waals surface area (Å²) in [5.74, 6) is -0.721. The van der Waals surface area contributed by atoms with E-state index in [0.717, 1.165) is 27.8 Å². The van der Waals surface area contributed by atoms with Crippen molar-refractivity contribution in [2.45, 2.75) is 30.5 Å². The summed E-state index contributed by atoms with van der Waals surface area (Å²) >= 11 is 1.03. The topological polar surface area (TPSA) is 124 Å². The van der Waals surface area contributed by atoms with Gasteiger partial charge in [-0.3, -0.25) is 9.59 Å². The summed E-state index contributed by atoms with van der Waals surface area (Å²) in [7, 11) is 0. The van der Waals surface area contributed by atoms with Gasteiger partial charge in [0.15, 0.2) is 0 Å². The maximum Gasteiger partial charge on any atom is 0.247 e. The monoisotopic (exact) mass is 453 g/mol. The van der Waals surface area contributed by atoms with Crippen molar-refractivity contribution in [3.63, 3.8) is 0 Å². The number of carbonyl (C=O) groups excluding carboxylic acids is 2. The molecule has 7 nitrogen and oxygen atoms in total. The molecule has 3 aromatic rings. The smallest absolute Gasteiger partial charge is 0.247 e. The Morgan fingerprint density at radius 1 is 0.970 bits per heavy atom. The Labute approximate surface area is 195 Å². The van der Waals surface area contributed by atoms with Crippen molar-refractivity contribution in [2.24, 2.45) is 0 Å². The van der Waals surface area contributed by atoms with Gasteiger partial charge in [-0.1, -0.05) is 59.3 Å². The molecule has 8 heteroatoms. The van der Waals surface area contributed by atoms with E-state index in [1.165, 1.54) is 0 Å². The number of imide groups is 1. The number of pyridine rings is 1. The number of nitriles is 2. The summed E-state index contributed by atoms with van der Waals surface area (Å²) in [5, 5.41) is 19.1. The van der Waals surface area contributed by atoms with Crippen molar-refractivity contribution < 1.29 is 9.59 Å². The van der Waals surface area contributed by atoms with Crippen molar-refractivity contribution in [1.82, 2.24) is 4.98 Å². The van der Waals surface area contributed by atoms with Crippen molar-refractivity contribution >= 4 is 35.1 Å². The number of nitrogen functional groups attached to an aromatic ring is 1. The standard InChI is InChI=1S/C25H19N5O2S/c1-14-3-7-16(8-4-14)22-18(12-26)23(28)29-24(19(22)13-27)33-20-11-21(31)30(25(20)32)17-9-5-15(2)6-10-17/h3-10,20H,11H2,1-2H3,(H2,28,29)/t20-/m1/s1. The second-order valence-electron chi connectivity index (χ2n) is 7.73. The van der Waals surface area contributed by atoms with Gasteiger partial charge in [-0.15, -0.1) is 0 Å². The van der Waals surface area contributed by atoms with Crippen molar-refractivity contribution in [2.75, 3.05) is 10.6 Å². The predicted molar refractivity (Wildman–Crippen MR) is 126 cm³/mol. The van der Waals surface area contributed by atoms with Crippen LogP contribution < -0.4 is 10.6 Å². The molecule has 0 aliphatic carbocycles. The van der Waals surface area contributed by atoms with Crippen LogP contribution in [0.25, 0.3) is 11.1 Å². The number of hydrogen-bond acceptors (Lipinski definition) is 7. The maximum atomic E-state index is 13.1. The first-order chi connectivity index (χ1) is 15.8. The molecule has 0 bridgehead atoms. The van der Waals surface area contributed by atoms with Crippen LogP contribution in [0.5, 0.6) is 0 Å². The maximum absolute atomic E-state index is 13.1. The van der Waals surface area contributed by atoms with Crippen molar-refractivity contribution in [3.8, 4) is 23.3 Å². The molecule has 0 spiro atoms. The van der Waals surface area contributed by atoms with Gasteiger partial charge in [0.05, 0.1) is 16.5 Å². The molecule has 2 heterocycles. The van der Waals surface area contributed by atoms with E-state index in [1.807, 2.05) is 56.3 Å². The molecule has 1 aliphatic heterocycles. The fourth-order valence-electron chi connectivity index (χ4n) is 3.69. The minimum absolute atomic E-state index is 0.0241. The van der Waals surface area contributed by atoms with E-state index >= 15 is 0 Å². The van der Waals surface area contributed by atoms with Crippen LogP contribution in [0.2, 0.25) is 0 Å². The van der Waals surface area contributed by atoms with Gasteiger partial charge in [0.2, 0.25) is 11.8 Å². The molecule has 0 radical (unpaired) electrons. The van der Waals surface area contributed by atoms with Crippen molar-refractivity contribution in [3.05, 3.63) is 70.8 Å². The Hall–Kier alpha value is -4.14. The summed E-state index contributed by atoms with van der Waals surface area (Å²) in [6, 6.07) is 18.7. The zero-order valence-electron chi connectivity index (χ0n) is 18.0. The number of rotatable bonds is 4. The average Bonchev–Trinajstić information content (AvgIpc) is 3.07. The zero-order valence-corrected chi connectivity index (χ0v) is 18.8. The lowest BCUT2D eigenvalue weighted by Gasteiger charge is -2.16. The van der Waals surface area contributed by atoms with Gasteiger partial charge in [0, 0.05) is 12.0 Å². The molecule has 1 saturated heterocycles. The lowest BCUT2D eigenvalue weighted by atomic mass is 9.96. The van der Waals surface area contributed by atoms with Gasteiger partial charge in [-0.25, -0.2) is 9.88 Å². The third-order valence-electron chi connectivity index (χ3n) is 5.41. The third kappa shape index (κ3) is 4.05. The molecule has 2 N–H and O–H groups in total. The number of aromatic nitrogens is 1. The van der Waals surface area contributed by atoms with Gasteiger partial charge in [-0.2, -0.15) is 10.5 Å². The lowest BCUT2D eigenvalue weighted by Crippen LogP contribution is -2.31. The summed E-state index contributed by atoms with van der Waals surface area (Å²) in [6.45, 7) is 3.86. The zero-order chi connectivity index (χ0) is 23.7. The Kier molecular flexibility index (Phi) is 5.87. The summed E-state index contributed by atoms with van der Waals surface area (Å²) in [5.41, 5.74) is 9.92. The van der Waals surface area contributed by atoms with Gasteiger partial charge in [-0.05, 0) is 31.5 Å².